The number of halogens is 2. The molecular formula is C12H17Cl2NO2S2. The molecule has 0 radical (unpaired) electrons. The Balaban J connectivity index is 2.36. The van der Waals surface area contributed by atoms with Crippen LogP contribution in [0.5, 0.6) is 0 Å². The van der Waals surface area contributed by atoms with Crippen molar-refractivity contribution >= 4 is 45.0 Å². The van der Waals surface area contributed by atoms with Crippen LogP contribution in [-0.2, 0) is 15.8 Å². The second-order valence-electron chi connectivity index (χ2n) is 4.20. The Hall–Kier alpha value is 0.0600. The lowest BCUT2D eigenvalue weighted by molar-refractivity contribution is 0.520. The smallest absolute Gasteiger partial charge is 0.212 e. The first-order valence-corrected chi connectivity index (χ1v) is 9.27. The van der Waals surface area contributed by atoms with E-state index in [1.807, 2.05) is 6.07 Å². The largest absolute Gasteiger partial charge is 0.213 e. The van der Waals surface area contributed by atoms with Crippen LogP contribution in [0.25, 0.3) is 0 Å². The average Bonchev–Trinajstić information content (AvgIpc) is 2.31. The van der Waals surface area contributed by atoms with E-state index in [1.165, 1.54) is 4.31 Å². The third kappa shape index (κ3) is 5.52. The average molecular weight is 342 g/mol. The summed E-state index contributed by atoms with van der Waals surface area (Å²) >= 11 is 13.7. The van der Waals surface area contributed by atoms with Crippen molar-refractivity contribution in [2.75, 3.05) is 25.6 Å². The van der Waals surface area contributed by atoms with Gasteiger partial charge in [-0.05, 0) is 29.9 Å². The van der Waals surface area contributed by atoms with E-state index in [-0.39, 0.29) is 5.75 Å². The summed E-state index contributed by atoms with van der Waals surface area (Å²) in [6, 6.07) is 5.42. The zero-order chi connectivity index (χ0) is 14.5. The van der Waals surface area contributed by atoms with Crippen LogP contribution < -0.4 is 0 Å². The molecule has 0 aliphatic rings. The predicted molar refractivity (Wildman–Crippen MR) is 84.7 cm³/mol. The number of thioether (sulfide) groups is 1. The topological polar surface area (TPSA) is 37.4 Å². The van der Waals surface area contributed by atoms with Gasteiger partial charge in [-0.3, -0.25) is 0 Å². The van der Waals surface area contributed by atoms with Crippen LogP contribution in [-0.4, -0.2) is 38.3 Å². The van der Waals surface area contributed by atoms with Gasteiger partial charge in [-0.25, -0.2) is 12.7 Å². The summed E-state index contributed by atoms with van der Waals surface area (Å²) in [6.07, 6.45) is 0.618. The second kappa shape index (κ2) is 7.74. The maximum absolute atomic E-state index is 11.5. The minimum Gasteiger partial charge on any atom is -0.212 e. The van der Waals surface area contributed by atoms with Gasteiger partial charge in [0, 0.05) is 29.9 Å². The predicted octanol–water partition coefficient (Wildman–Crippen LogP) is 3.51. The first kappa shape index (κ1) is 17.1. The number of nitrogens with zero attached hydrogens (tertiary/aromatic N) is 1. The van der Waals surface area contributed by atoms with Crippen molar-refractivity contribution in [3.8, 4) is 0 Å². The molecule has 0 aliphatic carbocycles. The van der Waals surface area contributed by atoms with Crippen LogP contribution in [0, 0.1) is 0 Å². The van der Waals surface area contributed by atoms with Crippen molar-refractivity contribution in [1.82, 2.24) is 4.31 Å². The van der Waals surface area contributed by atoms with Crippen LogP contribution in [0.2, 0.25) is 10.0 Å². The van der Waals surface area contributed by atoms with Crippen molar-refractivity contribution in [1.29, 1.82) is 0 Å². The van der Waals surface area contributed by atoms with Crippen LogP contribution in [0.15, 0.2) is 18.2 Å². The van der Waals surface area contributed by atoms with Crippen molar-refractivity contribution in [2.24, 2.45) is 0 Å². The van der Waals surface area contributed by atoms with E-state index >= 15 is 0 Å². The standard InChI is InChI=1S/C12H17Cl2NO2S2/c1-15(2)19(16,17)8-4-7-18-9-10-11(13)5-3-6-12(10)14/h3,5-6H,4,7-9H2,1-2H3. The normalized spacial score (nSPS) is 12.1. The molecule has 108 valence electrons. The quantitative estimate of drug-likeness (QED) is 0.712. The molecule has 0 saturated heterocycles. The van der Waals surface area contributed by atoms with E-state index in [0.717, 1.165) is 11.3 Å². The third-order valence-electron chi connectivity index (χ3n) is 2.56. The third-order valence-corrected chi connectivity index (χ3v) is 6.25. The van der Waals surface area contributed by atoms with Gasteiger partial charge in [0.2, 0.25) is 10.0 Å². The van der Waals surface area contributed by atoms with Crippen LogP contribution in [0.3, 0.4) is 0 Å². The number of hydrogen-bond acceptors (Lipinski definition) is 3. The van der Waals surface area contributed by atoms with Crippen molar-refractivity contribution in [3.05, 3.63) is 33.8 Å². The van der Waals surface area contributed by atoms with Gasteiger partial charge in [0.05, 0.1) is 5.75 Å². The van der Waals surface area contributed by atoms with E-state index < -0.39 is 10.0 Å². The molecule has 0 spiro atoms. The molecule has 7 heteroatoms. The highest BCUT2D eigenvalue weighted by molar-refractivity contribution is 7.98. The summed E-state index contributed by atoms with van der Waals surface area (Å²) in [5, 5.41) is 1.31. The first-order chi connectivity index (χ1) is 8.84. The molecule has 0 bridgehead atoms. The number of benzene rings is 1. The minimum absolute atomic E-state index is 0.170. The fourth-order valence-electron chi connectivity index (χ4n) is 1.37. The van der Waals surface area contributed by atoms with Gasteiger partial charge in [-0.1, -0.05) is 29.3 Å². The number of sulfonamides is 1. The summed E-state index contributed by atoms with van der Waals surface area (Å²) in [6.45, 7) is 0. The molecule has 1 aromatic carbocycles. The van der Waals surface area contributed by atoms with Gasteiger partial charge >= 0.3 is 0 Å². The molecule has 0 fully saturated rings. The molecule has 0 heterocycles. The molecule has 0 aliphatic heterocycles. The van der Waals surface area contributed by atoms with Crippen LogP contribution >= 0.6 is 35.0 Å². The zero-order valence-electron chi connectivity index (χ0n) is 10.9. The summed E-state index contributed by atoms with van der Waals surface area (Å²) in [4.78, 5) is 0. The molecule has 3 nitrogen and oxygen atoms in total. The lowest BCUT2D eigenvalue weighted by atomic mass is 10.2. The van der Waals surface area contributed by atoms with Crippen molar-refractivity contribution in [3.63, 3.8) is 0 Å². The molecule has 19 heavy (non-hydrogen) atoms. The van der Waals surface area contributed by atoms with Crippen LogP contribution in [0.4, 0.5) is 0 Å². The Labute approximate surface area is 129 Å². The summed E-state index contributed by atoms with van der Waals surface area (Å²) in [7, 11) is 0.00347. The maximum Gasteiger partial charge on any atom is 0.213 e. The van der Waals surface area contributed by atoms with Crippen LogP contribution in [0.1, 0.15) is 12.0 Å². The number of hydrogen-bond donors (Lipinski definition) is 0. The molecular weight excluding hydrogens is 325 g/mol. The molecule has 0 N–H and O–H groups in total. The molecule has 0 unspecified atom stereocenters. The van der Waals surface area contributed by atoms with Gasteiger partial charge < -0.3 is 0 Å². The number of rotatable bonds is 7. The Morgan fingerprint density at radius 1 is 1.21 bits per heavy atom. The SMILES string of the molecule is CN(C)S(=O)(=O)CCCSCc1c(Cl)cccc1Cl. The van der Waals surface area contributed by atoms with E-state index in [4.69, 9.17) is 23.2 Å². The van der Waals surface area contributed by atoms with E-state index in [2.05, 4.69) is 0 Å². The monoisotopic (exact) mass is 341 g/mol. The van der Waals surface area contributed by atoms with Gasteiger partial charge in [0.1, 0.15) is 0 Å². The Kier molecular flexibility index (Phi) is 6.97. The Morgan fingerprint density at radius 2 is 1.79 bits per heavy atom. The Morgan fingerprint density at radius 3 is 2.32 bits per heavy atom. The second-order valence-corrected chi connectivity index (χ2v) is 8.43. The molecule has 0 saturated carbocycles. The molecule has 1 aromatic rings. The lowest BCUT2D eigenvalue weighted by Crippen LogP contribution is -2.25. The van der Waals surface area contributed by atoms with Crippen molar-refractivity contribution in [2.45, 2.75) is 12.2 Å². The molecule has 0 aromatic heterocycles. The maximum atomic E-state index is 11.5. The summed E-state index contributed by atoms with van der Waals surface area (Å²) < 4.78 is 24.3. The summed E-state index contributed by atoms with van der Waals surface area (Å²) in [5.41, 5.74) is 0.909. The zero-order valence-corrected chi connectivity index (χ0v) is 14.0. The lowest BCUT2D eigenvalue weighted by Gasteiger charge is -2.11. The Bertz CT molecular complexity index is 498. The van der Waals surface area contributed by atoms with Gasteiger partial charge in [0.15, 0.2) is 0 Å². The molecule has 1 rings (SSSR count). The van der Waals surface area contributed by atoms with E-state index in [1.54, 1.807) is 38.0 Å². The van der Waals surface area contributed by atoms with Crippen molar-refractivity contribution < 1.29 is 8.42 Å². The van der Waals surface area contributed by atoms with Gasteiger partial charge in [0.25, 0.3) is 0 Å². The van der Waals surface area contributed by atoms with Gasteiger partial charge in [-0.15, -0.1) is 0 Å². The highest BCUT2D eigenvalue weighted by atomic mass is 35.5. The fourth-order valence-corrected chi connectivity index (χ4v) is 4.12. The minimum atomic E-state index is -3.09. The van der Waals surface area contributed by atoms with E-state index in [9.17, 15) is 8.42 Å². The summed E-state index contributed by atoms with van der Waals surface area (Å²) in [5.74, 6) is 1.62. The molecule has 0 amide bonds. The highest BCUT2D eigenvalue weighted by Gasteiger charge is 2.12. The fraction of sp³-hybridized carbons (Fsp3) is 0.500. The van der Waals surface area contributed by atoms with Gasteiger partial charge in [-0.2, -0.15) is 11.8 Å². The first-order valence-electron chi connectivity index (χ1n) is 5.75. The highest BCUT2D eigenvalue weighted by Crippen LogP contribution is 2.28. The van der Waals surface area contributed by atoms with E-state index in [0.29, 0.717) is 22.2 Å². The molecule has 0 atom stereocenters.